The molecule has 0 saturated carbocycles. The van der Waals surface area contributed by atoms with Crippen molar-refractivity contribution in [1.82, 2.24) is 9.97 Å². The average Bonchev–Trinajstić information content (AvgIpc) is 2.29. The number of hydrogen-bond acceptors (Lipinski definition) is 5. The van der Waals surface area contributed by atoms with E-state index in [0.717, 1.165) is 24.7 Å². The molecule has 1 aliphatic heterocycles. The van der Waals surface area contributed by atoms with E-state index in [0.29, 0.717) is 5.25 Å². The minimum atomic E-state index is 0.679. The van der Waals surface area contributed by atoms with Crippen LogP contribution in [0.25, 0.3) is 0 Å². The molecule has 1 N–H and O–H groups in total. The molecular formula is C10H16N4S. The van der Waals surface area contributed by atoms with Gasteiger partial charge in [0.1, 0.15) is 11.6 Å². The van der Waals surface area contributed by atoms with E-state index in [-0.39, 0.29) is 0 Å². The van der Waals surface area contributed by atoms with Crippen LogP contribution >= 0.6 is 11.8 Å². The highest BCUT2D eigenvalue weighted by Gasteiger charge is 2.18. The van der Waals surface area contributed by atoms with E-state index < -0.39 is 0 Å². The first kappa shape index (κ1) is 10.5. The lowest BCUT2D eigenvalue weighted by molar-refractivity contribution is 0.768. The second-order valence-corrected chi connectivity index (χ2v) is 5.19. The first-order valence-corrected chi connectivity index (χ1v) is 6.21. The smallest absolute Gasteiger partial charge is 0.149 e. The monoisotopic (exact) mass is 224 g/mol. The minimum Gasteiger partial charge on any atom is -0.372 e. The van der Waals surface area contributed by atoms with Gasteiger partial charge in [0.05, 0.1) is 12.4 Å². The highest BCUT2D eigenvalue weighted by molar-refractivity contribution is 8.00. The van der Waals surface area contributed by atoms with E-state index in [9.17, 15) is 0 Å². The van der Waals surface area contributed by atoms with Crippen LogP contribution in [0.1, 0.15) is 6.92 Å². The summed E-state index contributed by atoms with van der Waals surface area (Å²) in [6.45, 7) is 4.38. The molecule has 1 aromatic rings. The highest BCUT2D eigenvalue weighted by Crippen LogP contribution is 2.22. The zero-order chi connectivity index (χ0) is 10.7. The van der Waals surface area contributed by atoms with Crippen LogP contribution in [0.4, 0.5) is 11.6 Å². The SMILES string of the molecule is CNc1cncc(N2CCSC(C)C2)n1. The summed E-state index contributed by atoms with van der Waals surface area (Å²) in [7, 11) is 1.86. The molecule has 1 saturated heterocycles. The van der Waals surface area contributed by atoms with E-state index in [1.165, 1.54) is 5.75 Å². The molecule has 1 atom stereocenters. The third-order valence-electron chi connectivity index (χ3n) is 2.44. The van der Waals surface area contributed by atoms with E-state index >= 15 is 0 Å². The van der Waals surface area contributed by atoms with Gasteiger partial charge in [-0.05, 0) is 0 Å². The number of thioether (sulfide) groups is 1. The van der Waals surface area contributed by atoms with Gasteiger partial charge in [-0.25, -0.2) is 4.98 Å². The molecule has 2 rings (SSSR count). The summed E-state index contributed by atoms with van der Waals surface area (Å²) >= 11 is 2.02. The lowest BCUT2D eigenvalue weighted by atomic mass is 10.4. The molecular weight excluding hydrogens is 208 g/mol. The third kappa shape index (κ3) is 2.53. The molecule has 1 aromatic heterocycles. The van der Waals surface area contributed by atoms with Crippen molar-refractivity contribution in [1.29, 1.82) is 0 Å². The summed E-state index contributed by atoms with van der Waals surface area (Å²) in [6, 6.07) is 0. The topological polar surface area (TPSA) is 41.1 Å². The van der Waals surface area contributed by atoms with Crippen molar-refractivity contribution in [3.8, 4) is 0 Å². The van der Waals surface area contributed by atoms with Crippen LogP contribution in [0.15, 0.2) is 12.4 Å². The molecule has 0 spiro atoms. The fourth-order valence-electron chi connectivity index (χ4n) is 1.66. The van der Waals surface area contributed by atoms with Crippen LogP contribution in [-0.4, -0.2) is 41.1 Å². The summed E-state index contributed by atoms with van der Waals surface area (Å²) in [6.07, 6.45) is 3.58. The summed E-state index contributed by atoms with van der Waals surface area (Å²) in [4.78, 5) is 11.0. The molecule has 0 aliphatic carbocycles. The lowest BCUT2D eigenvalue weighted by Gasteiger charge is -2.31. The Morgan fingerprint density at radius 3 is 3.13 bits per heavy atom. The first-order chi connectivity index (χ1) is 7.29. The third-order valence-corrected chi connectivity index (χ3v) is 3.58. The second-order valence-electron chi connectivity index (χ2n) is 3.64. The van der Waals surface area contributed by atoms with Gasteiger partial charge in [0.2, 0.25) is 0 Å². The quantitative estimate of drug-likeness (QED) is 0.823. The van der Waals surface area contributed by atoms with Crippen molar-refractivity contribution >= 4 is 23.4 Å². The van der Waals surface area contributed by atoms with Crippen molar-refractivity contribution in [3.63, 3.8) is 0 Å². The van der Waals surface area contributed by atoms with Crippen LogP contribution in [0.2, 0.25) is 0 Å². The molecule has 0 bridgehead atoms. The first-order valence-electron chi connectivity index (χ1n) is 5.16. The van der Waals surface area contributed by atoms with Crippen LogP contribution in [0.5, 0.6) is 0 Å². The zero-order valence-electron chi connectivity index (χ0n) is 9.10. The van der Waals surface area contributed by atoms with Gasteiger partial charge in [0.25, 0.3) is 0 Å². The standard InChI is InChI=1S/C10H16N4S/c1-8-7-14(3-4-15-8)10-6-12-5-9(11-2)13-10/h5-6,8H,3-4,7H2,1-2H3,(H,11,13). The Hall–Kier alpha value is -0.970. The maximum absolute atomic E-state index is 4.49. The predicted molar refractivity (Wildman–Crippen MR) is 65.7 cm³/mol. The van der Waals surface area contributed by atoms with Crippen molar-refractivity contribution in [2.24, 2.45) is 0 Å². The number of nitrogens with zero attached hydrogens (tertiary/aromatic N) is 3. The van der Waals surface area contributed by atoms with Gasteiger partial charge in [0.15, 0.2) is 0 Å². The maximum atomic E-state index is 4.49. The highest BCUT2D eigenvalue weighted by atomic mass is 32.2. The summed E-state index contributed by atoms with van der Waals surface area (Å²) in [5, 5.41) is 3.69. The molecule has 0 radical (unpaired) electrons. The number of hydrogen-bond donors (Lipinski definition) is 1. The van der Waals surface area contributed by atoms with E-state index in [1.54, 1.807) is 6.20 Å². The molecule has 15 heavy (non-hydrogen) atoms. The van der Waals surface area contributed by atoms with Gasteiger partial charge in [0, 0.05) is 31.1 Å². The van der Waals surface area contributed by atoms with Gasteiger partial charge in [-0.2, -0.15) is 11.8 Å². The number of nitrogens with one attached hydrogen (secondary N) is 1. The Morgan fingerprint density at radius 1 is 1.53 bits per heavy atom. The average molecular weight is 224 g/mol. The van der Waals surface area contributed by atoms with Gasteiger partial charge >= 0.3 is 0 Å². The molecule has 0 amide bonds. The number of aromatic nitrogens is 2. The Kier molecular flexibility index (Phi) is 3.30. The fraction of sp³-hybridized carbons (Fsp3) is 0.600. The lowest BCUT2D eigenvalue weighted by Crippen LogP contribution is -2.37. The van der Waals surface area contributed by atoms with E-state index in [1.807, 2.05) is 25.0 Å². The van der Waals surface area contributed by atoms with Gasteiger partial charge < -0.3 is 10.2 Å². The summed E-state index contributed by atoms with van der Waals surface area (Å²) in [5.74, 6) is 2.99. The summed E-state index contributed by atoms with van der Waals surface area (Å²) < 4.78 is 0. The van der Waals surface area contributed by atoms with Gasteiger partial charge in [-0.3, -0.25) is 4.98 Å². The molecule has 0 aromatic carbocycles. The van der Waals surface area contributed by atoms with Crippen LogP contribution in [-0.2, 0) is 0 Å². The molecule has 82 valence electrons. The van der Waals surface area contributed by atoms with Crippen molar-refractivity contribution < 1.29 is 0 Å². The van der Waals surface area contributed by atoms with Crippen LogP contribution in [0.3, 0.4) is 0 Å². The van der Waals surface area contributed by atoms with Gasteiger partial charge in [-0.15, -0.1) is 0 Å². The number of rotatable bonds is 2. The molecule has 1 unspecified atom stereocenters. The Balaban J connectivity index is 2.13. The molecule has 2 heterocycles. The van der Waals surface area contributed by atoms with Crippen molar-refractivity contribution in [2.45, 2.75) is 12.2 Å². The molecule has 4 nitrogen and oxygen atoms in total. The van der Waals surface area contributed by atoms with Crippen molar-refractivity contribution in [2.75, 3.05) is 36.1 Å². The zero-order valence-corrected chi connectivity index (χ0v) is 9.92. The Bertz CT molecular complexity index is 331. The molecule has 1 fully saturated rings. The maximum Gasteiger partial charge on any atom is 0.149 e. The summed E-state index contributed by atoms with van der Waals surface area (Å²) in [5.41, 5.74) is 0. The van der Waals surface area contributed by atoms with Gasteiger partial charge in [-0.1, -0.05) is 6.92 Å². The molecule has 1 aliphatic rings. The van der Waals surface area contributed by atoms with Crippen LogP contribution < -0.4 is 10.2 Å². The normalized spacial score (nSPS) is 21.5. The Labute approximate surface area is 94.5 Å². The molecule has 5 heteroatoms. The number of anilines is 2. The Morgan fingerprint density at radius 2 is 2.40 bits per heavy atom. The van der Waals surface area contributed by atoms with Crippen molar-refractivity contribution in [3.05, 3.63) is 12.4 Å². The minimum absolute atomic E-state index is 0.679. The predicted octanol–water partition coefficient (Wildman–Crippen LogP) is 1.46. The van der Waals surface area contributed by atoms with E-state index in [2.05, 4.69) is 27.1 Å². The fourth-order valence-corrected chi connectivity index (χ4v) is 2.67. The van der Waals surface area contributed by atoms with E-state index in [4.69, 9.17) is 0 Å². The van der Waals surface area contributed by atoms with Crippen LogP contribution in [0, 0.1) is 0 Å². The second kappa shape index (κ2) is 4.70. The largest absolute Gasteiger partial charge is 0.372 e.